The minimum atomic E-state index is -0.653. The van der Waals surface area contributed by atoms with E-state index in [0.717, 1.165) is 32.1 Å². The third-order valence-electron chi connectivity index (χ3n) is 8.46. The summed E-state index contributed by atoms with van der Waals surface area (Å²) in [5.74, 6) is 0.549. The van der Waals surface area contributed by atoms with E-state index in [2.05, 4.69) is 13.8 Å². The van der Waals surface area contributed by atoms with Crippen LogP contribution in [0.5, 0.6) is 0 Å². The van der Waals surface area contributed by atoms with Crippen molar-refractivity contribution in [2.24, 2.45) is 22.7 Å². The lowest BCUT2D eigenvalue weighted by Gasteiger charge is -2.65. The number of rotatable bonds is 4. The van der Waals surface area contributed by atoms with Gasteiger partial charge in [0.25, 0.3) is 0 Å². The van der Waals surface area contributed by atoms with E-state index in [4.69, 9.17) is 4.74 Å². The molecule has 0 bridgehead atoms. The summed E-state index contributed by atoms with van der Waals surface area (Å²) >= 11 is 0. The summed E-state index contributed by atoms with van der Waals surface area (Å²) in [7, 11) is 0. The summed E-state index contributed by atoms with van der Waals surface area (Å²) in [6, 6.07) is 0. The summed E-state index contributed by atoms with van der Waals surface area (Å²) < 4.78 is 6.75. The van der Waals surface area contributed by atoms with E-state index in [1.54, 1.807) is 0 Å². The first-order valence-corrected chi connectivity index (χ1v) is 9.94. The standard InChI is InChI=1S/C20H36O5/c1-14-4-5-15-17(2,12-22)16(24)6-7-18(15,3)20(14)9-8-19(13-23,25-20)10-11-21/h14-16,21-24H,4-13H2,1-3H3/t14-,15-,16-,17-,18-,19?,20-/m0/s1. The zero-order valence-corrected chi connectivity index (χ0v) is 16.0. The van der Waals surface area contributed by atoms with Crippen molar-refractivity contribution in [3.63, 3.8) is 0 Å². The van der Waals surface area contributed by atoms with Crippen LogP contribution in [0.1, 0.15) is 65.7 Å². The molecule has 7 atom stereocenters. The Morgan fingerprint density at radius 3 is 2.28 bits per heavy atom. The van der Waals surface area contributed by atoms with Crippen LogP contribution in [-0.4, -0.2) is 57.6 Å². The maximum atomic E-state index is 10.6. The second-order valence-corrected chi connectivity index (χ2v) is 9.47. The molecule has 4 N–H and O–H groups in total. The highest BCUT2D eigenvalue weighted by Gasteiger charge is 2.68. The third-order valence-corrected chi connectivity index (χ3v) is 8.46. The monoisotopic (exact) mass is 356 g/mol. The molecule has 3 rings (SSSR count). The van der Waals surface area contributed by atoms with E-state index in [9.17, 15) is 20.4 Å². The van der Waals surface area contributed by atoms with Crippen LogP contribution >= 0.6 is 0 Å². The van der Waals surface area contributed by atoms with Gasteiger partial charge in [-0.1, -0.05) is 20.8 Å². The first-order chi connectivity index (χ1) is 11.7. The number of ether oxygens (including phenoxy) is 1. The molecule has 0 aromatic rings. The smallest absolute Gasteiger partial charge is 0.0942 e. The highest BCUT2D eigenvalue weighted by atomic mass is 16.5. The average Bonchev–Trinajstić information content (AvgIpc) is 2.99. The van der Waals surface area contributed by atoms with Gasteiger partial charge >= 0.3 is 0 Å². The van der Waals surface area contributed by atoms with E-state index >= 15 is 0 Å². The lowest BCUT2D eigenvalue weighted by atomic mass is 9.43. The number of aliphatic hydroxyl groups excluding tert-OH is 4. The Labute approximate surface area is 151 Å². The Hall–Kier alpha value is -0.200. The largest absolute Gasteiger partial charge is 0.396 e. The molecular weight excluding hydrogens is 320 g/mol. The maximum Gasteiger partial charge on any atom is 0.0942 e. The van der Waals surface area contributed by atoms with E-state index in [-0.39, 0.29) is 36.8 Å². The molecule has 1 aliphatic heterocycles. The van der Waals surface area contributed by atoms with Crippen LogP contribution in [0.25, 0.3) is 0 Å². The molecule has 5 heteroatoms. The first kappa shape index (κ1) is 19.6. The quantitative estimate of drug-likeness (QED) is 0.617. The van der Waals surface area contributed by atoms with E-state index < -0.39 is 17.1 Å². The van der Waals surface area contributed by atoms with Crippen LogP contribution in [0.3, 0.4) is 0 Å². The minimum Gasteiger partial charge on any atom is -0.396 e. The zero-order valence-electron chi connectivity index (χ0n) is 16.0. The molecule has 0 amide bonds. The first-order valence-electron chi connectivity index (χ1n) is 9.94. The fourth-order valence-corrected chi connectivity index (χ4v) is 6.70. The molecule has 3 aliphatic rings. The van der Waals surface area contributed by atoms with Crippen molar-refractivity contribution < 1.29 is 25.2 Å². The van der Waals surface area contributed by atoms with Crippen molar-refractivity contribution in [2.75, 3.05) is 19.8 Å². The van der Waals surface area contributed by atoms with Gasteiger partial charge in [-0.05, 0) is 50.4 Å². The molecule has 1 heterocycles. The third kappa shape index (κ3) is 2.53. The van der Waals surface area contributed by atoms with Crippen LogP contribution in [0.2, 0.25) is 0 Å². The molecule has 1 unspecified atom stereocenters. The van der Waals surface area contributed by atoms with Gasteiger partial charge in [-0.2, -0.15) is 0 Å². The van der Waals surface area contributed by atoms with E-state index in [1.807, 2.05) is 6.92 Å². The van der Waals surface area contributed by atoms with Crippen molar-refractivity contribution in [3.05, 3.63) is 0 Å². The Balaban J connectivity index is 2.02. The van der Waals surface area contributed by atoms with Gasteiger partial charge in [0.05, 0.1) is 30.5 Å². The van der Waals surface area contributed by atoms with E-state index in [1.165, 1.54) is 0 Å². The number of hydrogen-bond donors (Lipinski definition) is 4. The molecule has 1 spiro atoms. The Morgan fingerprint density at radius 1 is 0.960 bits per heavy atom. The molecular formula is C20H36O5. The molecule has 1 saturated heterocycles. The van der Waals surface area contributed by atoms with Crippen molar-refractivity contribution in [2.45, 2.75) is 83.0 Å². The Morgan fingerprint density at radius 2 is 1.68 bits per heavy atom. The number of hydrogen-bond acceptors (Lipinski definition) is 5. The normalized spacial score (nSPS) is 53.2. The number of fused-ring (bicyclic) bond motifs is 2. The van der Waals surface area contributed by atoms with E-state index in [0.29, 0.717) is 18.8 Å². The van der Waals surface area contributed by atoms with Gasteiger partial charge in [-0.15, -0.1) is 0 Å². The predicted molar refractivity (Wildman–Crippen MR) is 95.0 cm³/mol. The molecule has 0 aromatic heterocycles. The van der Waals surface area contributed by atoms with Gasteiger partial charge in [0.15, 0.2) is 0 Å². The van der Waals surface area contributed by atoms with Crippen molar-refractivity contribution in [3.8, 4) is 0 Å². The minimum absolute atomic E-state index is 0.0121. The molecule has 2 aliphatic carbocycles. The molecule has 0 aromatic carbocycles. The molecule has 3 fully saturated rings. The molecule has 2 saturated carbocycles. The topological polar surface area (TPSA) is 90.2 Å². The SMILES string of the molecule is C[C@H]1CC[C@H]2[C@](C)(CO)[C@@H](O)CC[C@]2(C)[C@]12CCC(CO)(CCO)O2. The molecule has 146 valence electrons. The highest BCUT2D eigenvalue weighted by molar-refractivity contribution is 5.17. The van der Waals surface area contributed by atoms with Gasteiger partial charge in [0, 0.05) is 23.9 Å². The Kier molecular flexibility index (Phi) is 5.05. The van der Waals surface area contributed by atoms with Crippen LogP contribution in [0.4, 0.5) is 0 Å². The Bertz CT molecular complexity index is 498. The molecule has 25 heavy (non-hydrogen) atoms. The average molecular weight is 357 g/mol. The van der Waals surface area contributed by atoms with Gasteiger partial charge in [-0.3, -0.25) is 0 Å². The van der Waals surface area contributed by atoms with Crippen LogP contribution < -0.4 is 0 Å². The second kappa shape index (κ2) is 6.45. The highest BCUT2D eigenvalue weighted by Crippen LogP contribution is 2.67. The lowest BCUT2D eigenvalue weighted by Crippen LogP contribution is -2.66. The summed E-state index contributed by atoms with van der Waals surface area (Å²) in [6.45, 7) is 6.47. The van der Waals surface area contributed by atoms with Crippen molar-refractivity contribution in [1.82, 2.24) is 0 Å². The zero-order chi connectivity index (χ0) is 18.5. The maximum absolute atomic E-state index is 10.6. The fourth-order valence-electron chi connectivity index (χ4n) is 6.70. The summed E-state index contributed by atoms with van der Waals surface area (Å²) in [5.41, 5.74) is -1.66. The molecule has 0 radical (unpaired) electrons. The van der Waals surface area contributed by atoms with Gasteiger partial charge in [0.1, 0.15) is 0 Å². The fraction of sp³-hybridized carbons (Fsp3) is 1.00. The van der Waals surface area contributed by atoms with Crippen LogP contribution in [0, 0.1) is 22.7 Å². The van der Waals surface area contributed by atoms with Crippen molar-refractivity contribution >= 4 is 0 Å². The van der Waals surface area contributed by atoms with Crippen molar-refractivity contribution in [1.29, 1.82) is 0 Å². The summed E-state index contributed by atoms with van der Waals surface area (Å²) in [4.78, 5) is 0. The van der Waals surface area contributed by atoms with Gasteiger partial charge in [0.2, 0.25) is 0 Å². The van der Waals surface area contributed by atoms with Gasteiger partial charge in [-0.25, -0.2) is 0 Å². The number of aliphatic hydroxyl groups is 4. The van der Waals surface area contributed by atoms with Gasteiger partial charge < -0.3 is 25.2 Å². The molecule has 5 nitrogen and oxygen atoms in total. The summed E-state index contributed by atoms with van der Waals surface area (Å²) in [6.07, 6.45) is 5.15. The summed E-state index contributed by atoms with van der Waals surface area (Å²) in [5, 5.41) is 40.2. The van der Waals surface area contributed by atoms with Crippen LogP contribution in [0.15, 0.2) is 0 Å². The lowest BCUT2D eigenvalue weighted by molar-refractivity contribution is -0.272. The second-order valence-electron chi connectivity index (χ2n) is 9.47. The predicted octanol–water partition coefficient (Wildman–Crippen LogP) is 1.85. The van der Waals surface area contributed by atoms with Crippen LogP contribution in [-0.2, 0) is 4.74 Å².